The van der Waals surface area contributed by atoms with Gasteiger partial charge in [-0.15, -0.1) is 0 Å². The largest absolute Gasteiger partial charge is 0.384 e. The Labute approximate surface area is 88.9 Å². The SMILES string of the molecule is Cc1nc(N)ccc1C1CCNC(=O)C1. The molecule has 0 saturated carbocycles. The van der Waals surface area contributed by atoms with Crippen LogP contribution in [0.2, 0.25) is 0 Å². The Hall–Kier alpha value is -1.58. The Morgan fingerprint density at radius 2 is 2.33 bits per heavy atom. The average molecular weight is 205 g/mol. The molecule has 0 aliphatic carbocycles. The second kappa shape index (κ2) is 3.88. The molecule has 1 aliphatic rings. The number of rotatable bonds is 1. The minimum absolute atomic E-state index is 0.127. The lowest BCUT2D eigenvalue weighted by Gasteiger charge is -2.23. The molecule has 1 aromatic heterocycles. The molecule has 1 aliphatic heterocycles. The van der Waals surface area contributed by atoms with Crippen LogP contribution in [0.25, 0.3) is 0 Å². The first-order chi connectivity index (χ1) is 7.16. The number of carbonyl (C=O) groups is 1. The first-order valence-corrected chi connectivity index (χ1v) is 5.16. The summed E-state index contributed by atoms with van der Waals surface area (Å²) in [5.41, 5.74) is 7.69. The van der Waals surface area contributed by atoms with Crippen molar-refractivity contribution in [1.29, 1.82) is 0 Å². The number of aromatic nitrogens is 1. The van der Waals surface area contributed by atoms with E-state index in [9.17, 15) is 4.79 Å². The molecule has 0 spiro atoms. The van der Waals surface area contributed by atoms with Gasteiger partial charge in [0.05, 0.1) is 0 Å². The molecule has 1 aromatic rings. The number of hydrogen-bond acceptors (Lipinski definition) is 3. The van der Waals surface area contributed by atoms with Gasteiger partial charge in [-0.05, 0) is 30.9 Å². The second-order valence-electron chi connectivity index (χ2n) is 3.95. The quantitative estimate of drug-likeness (QED) is 0.717. The minimum atomic E-state index is 0.127. The van der Waals surface area contributed by atoms with Crippen LogP contribution in [0.5, 0.6) is 0 Å². The van der Waals surface area contributed by atoms with Crippen molar-refractivity contribution in [3.63, 3.8) is 0 Å². The second-order valence-corrected chi connectivity index (χ2v) is 3.95. The van der Waals surface area contributed by atoms with Crippen LogP contribution in [0.4, 0.5) is 5.82 Å². The molecule has 15 heavy (non-hydrogen) atoms. The van der Waals surface area contributed by atoms with Crippen LogP contribution in [0.3, 0.4) is 0 Å². The van der Waals surface area contributed by atoms with Crippen molar-refractivity contribution in [2.24, 2.45) is 0 Å². The van der Waals surface area contributed by atoms with E-state index in [1.807, 2.05) is 13.0 Å². The highest BCUT2D eigenvalue weighted by Gasteiger charge is 2.22. The number of amides is 1. The fraction of sp³-hybridized carbons (Fsp3) is 0.455. The molecule has 4 nitrogen and oxygen atoms in total. The zero-order valence-corrected chi connectivity index (χ0v) is 8.79. The Kier molecular flexibility index (Phi) is 2.58. The zero-order chi connectivity index (χ0) is 10.8. The van der Waals surface area contributed by atoms with Crippen molar-refractivity contribution in [3.05, 3.63) is 23.4 Å². The van der Waals surface area contributed by atoms with Gasteiger partial charge in [-0.25, -0.2) is 4.98 Å². The van der Waals surface area contributed by atoms with Crippen LogP contribution in [-0.2, 0) is 4.79 Å². The number of nitrogens with two attached hydrogens (primary N) is 1. The Bertz CT molecular complexity index is 389. The van der Waals surface area contributed by atoms with Crippen LogP contribution in [0, 0.1) is 6.92 Å². The number of anilines is 1. The molecule has 1 amide bonds. The highest BCUT2D eigenvalue weighted by molar-refractivity contribution is 5.77. The van der Waals surface area contributed by atoms with E-state index in [4.69, 9.17) is 5.73 Å². The van der Waals surface area contributed by atoms with Gasteiger partial charge in [0.2, 0.25) is 5.91 Å². The molecule has 1 atom stereocenters. The van der Waals surface area contributed by atoms with Gasteiger partial charge >= 0.3 is 0 Å². The number of pyridine rings is 1. The first-order valence-electron chi connectivity index (χ1n) is 5.16. The number of piperidine rings is 1. The number of aryl methyl sites for hydroxylation is 1. The number of nitrogens with zero attached hydrogens (tertiary/aromatic N) is 1. The van der Waals surface area contributed by atoms with Crippen molar-refractivity contribution >= 4 is 11.7 Å². The average Bonchev–Trinajstić information content (AvgIpc) is 2.17. The summed E-state index contributed by atoms with van der Waals surface area (Å²) in [4.78, 5) is 15.5. The smallest absolute Gasteiger partial charge is 0.220 e. The van der Waals surface area contributed by atoms with Crippen LogP contribution in [0.1, 0.15) is 30.0 Å². The fourth-order valence-corrected chi connectivity index (χ4v) is 2.07. The highest BCUT2D eigenvalue weighted by atomic mass is 16.1. The fourth-order valence-electron chi connectivity index (χ4n) is 2.07. The van der Waals surface area contributed by atoms with Crippen molar-refractivity contribution in [2.45, 2.75) is 25.7 Å². The first kappa shape index (κ1) is 9.96. The van der Waals surface area contributed by atoms with E-state index in [0.717, 1.165) is 24.2 Å². The summed E-state index contributed by atoms with van der Waals surface area (Å²) >= 11 is 0. The summed E-state index contributed by atoms with van der Waals surface area (Å²) in [6, 6.07) is 3.79. The Balaban J connectivity index is 2.24. The summed E-state index contributed by atoms with van der Waals surface area (Å²) in [5.74, 6) is 0.964. The Morgan fingerprint density at radius 3 is 3.00 bits per heavy atom. The predicted molar refractivity (Wildman–Crippen MR) is 58.4 cm³/mol. The molecule has 0 bridgehead atoms. The van der Waals surface area contributed by atoms with Crippen LogP contribution in [-0.4, -0.2) is 17.4 Å². The summed E-state index contributed by atoms with van der Waals surface area (Å²) in [7, 11) is 0. The summed E-state index contributed by atoms with van der Waals surface area (Å²) in [5, 5.41) is 2.83. The maximum absolute atomic E-state index is 11.3. The van der Waals surface area contributed by atoms with Gasteiger partial charge in [-0.2, -0.15) is 0 Å². The lowest BCUT2D eigenvalue weighted by Crippen LogP contribution is -2.32. The van der Waals surface area contributed by atoms with Gasteiger partial charge in [0.25, 0.3) is 0 Å². The molecule has 80 valence electrons. The van der Waals surface area contributed by atoms with Gasteiger partial charge in [0, 0.05) is 18.7 Å². The molecule has 0 aromatic carbocycles. The van der Waals surface area contributed by atoms with E-state index in [1.54, 1.807) is 6.07 Å². The van der Waals surface area contributed by atoms with Gasteiger partial charge in [0.1, 0.15) is 5.82 Å². The van der Waals surface area contributed by atoms with E-state index in [1.165, 1.54) is 0 Å². The maximum Gasteiger partial charge on any atom is 0.220 e. The summed E-state index contributed by atoms with van der Waals surface area (Å²) < 4.78 is 0. The lowest BCUT2D eigenvalue weighted by atomic mass is 9.89. The third-order valence-electron chi connectivity index (χ3n) is 2.83. The molecular formula is C11H15N3O. The lowest BCUT2D eigenvalue weighted by molar-refractivity contribution is -0.122. The van der Waals surface area contributed by atoms with Crippen molar-refractivity contribution in [1.82, 2.24) is 10.3 Å². The zero-order valence-electron chi connectivity index (χ0n) is 8.79. The molecule has 4 heteroatoms. The molecule has 0 radical (unpaired) electrons. The number of carbonyl (C=O) groups excluding carboxylic acids is 1. The molecule has 1 fully saturated rings. The monoisotopic (exact) mass is 205 g/mol. The molecular weight excluding hydrogens is 190 g/mol. The van der Waals surface area contributed by atoms with Crippen LogP contribution >= 0.6 is 0 Å². The van der Waals surface area contributed by atoms with Crippen LogP contribution < -0.4 is 11.1 Å². The number of nitrogens with one attached hydrogen (secondary N) is 1. The van der Waals surface area contributed by atoms with E-state index >= 15 is 0 Å². The third-order valence-corrected chi connectivity index (χ3v) is 2.83. The Morgan fingerprint density at radius 1 is 1.53 bits per heavy atom. The van der Waals surface area contributed by atoms with Gasteiger partial charge in [0.15, 0.2) is 0 Å². The molecule has 3 N–H and O–H groups in total. The third kappa shape index (κ3) is 2.09. The highest BCUT2D eigenvalue weighted by Crippen LogP contribution is 2.27. The standard InChI is InChI=1S/C11H15N3O/c1-7-9(2-3-10(12)14-7)8-4-5-13-11(15)6-8/h2-3,8H,4-6H2,1H3,(H2,12,14)(H,13,15). The number of nitrogen functional groups attached to an aromatic ring is 1. The van der Waals surface area contributed by atoms with E-state index in [-0.39, 0.29) is 5.91 Å². The normalized spacial score (nSPS) is 21.1. The minimum Gasteiger partial charge on any atom is -0.384 e. The van der Waals surface area contributed by atoms with Crippen molar-refractivity contribution in [2.75, 3.05) is 12.3 Å². The van der Waals surface area contributed by atoms with E-state index < -0.39 is 0 Å². The van der Waals surface area contributed by atoms with Gasteiger partial charge in [-0.3, -0.25) is 4.79 Å². The van der Waals surface area contributed by atoms with E-state index in [0.29, 0.717) is 18.2 Å². The summed E-state index contributed by atoms with van der Waals surface area (Å²) in [6.45, 7) is 2.70. The van der Waals surface area contributed by atoms with E-state index in [2.05, 4.69) is 10.3 Å². The molecule has 1 unspecified atom stereocenters. The molecule has 1 saturated heterocycles. The number of hydrogen-bond donors (Lipinski definition) is 2. The van der Waals surface area contributed by atoms with Crippen LogP contribution in [0.15, 0.2) is 12.1 Å². The topological polar surface area (TPSA) is 68.0 Å². The van der Waals surface area contributed by atoms with Gasteiger partial charge < -0.3 is 11.1 Å². The van der Waals surface area contributed by atoms with Crippen molar-refractivity contribution < 1.29 is 4.79 Å². The molecule has 2 heterocycles. The maximum atomic E-state index is 11.3. The van der Waals surface area contributed by atoms with Crippen molar-refractivity contribution in [3.8, 4) is 0 Å². The summed E-state index contributed by atoms with van der Waals surface area (Å²) in [6.07, 6.45) is 1.55. The predicted octanol–water partition coefficient (Wildman–Crippen LogP) is 0.966. The molecule has 2 rings (SSSR count). The van der Waals surface area contributed by atoms with Gasteiger partial charge in [-0.1, -0.05) is 6.07 Å².